The van der Waals surface area contributed by atoms with E-state index in [4.69, 9.17) is 0 Å². The largest absolute Gasteiger partial charge is 0.300 e. The number of likely N-dealkylation sites (N-methyl/N-ethyl adjacent to an activating group) is 1. The molecule has 0 aliphatic carbocycles. The molecule has 3 heteroatoms. The second-order valence-corrected chi connectivity index (χ2v) is 6.70. The van der Waals surface area contributed by atoms with E-state index in [-0.39, 0.29) is 5.41 Å². The van der Waals surface area contributed by atoms with Crippen molar-refractivity contribution < 1.29 is 0 Å². The summed E-state index contributed by atoms with van der Waals surface area (Å²) in [5.41, 5.74) is -0.259. The lowest BCUT2D eigenvalue weighted by Gasteiger charge is -2.39. The summed E-state index contributed by atoms with van der Waals surface area (Å²) >= 11 is 0. The van der Waals surface area contributed by atoms with Gasteiger partial charge in [0.25, 0.3) is 0 Å². The summed E-state index contributed by atoms with van der Waals surface area (Å²) in [6, 6.07) is 3.15. The molecule has 0 radical (unpaired) electrons. The van der Waals surface area contributed by atoms with E-state index in [1.54, 1.807) is 0 Å². The Hall–Kier alpha value is -0.590. The third-order valence-corrected chi connectivity index (χ3v) is 3.33. The first-order valence-electron chi connectivity index (χ1n) is 6.41. The third-order valence-electron chi connectivity index (χ3n) is 3.33. The SMILES string of the molecule is CC(C)NC(C)(C#N)CN(C)C(C)C(C)(C)C. The molecule has 2 atom stereocenters. The second kappa shape index (κ2) is 5.84. The molecule has 1 N–H and O–H groups in total. The molecule has 0 saturated heterocycles. The number of nitrogens with zero attached hydrogens (tertiary/aromatic N) is 2. The van der Waals surface area contributed by atoms with Crippen molar-refractivity contribution in [2.45, 2.75) is 66.1 Å². The van der Waals surface area contributed by atoms with Crippen LogP contribution in [0.4, 0.5) is 0 Å². The van der Waals surface area contributed by atoms with Crippen LogP contribution in [0.15, 0.2) is 0 Å². The van der Waals surface area contributed by atoms with Gasteiger partial charge in [0.05, 0.1) is 6.07 Å². The highest BCUT2D eigenvalue weighted by Crippen LogP contribution is 2.24. The van der Waals surface area contributed by atoms with E-state index in [0.29, 0.717) is 12.1 Å². The Kier molecular flexibility index (Phi) is 5.64. The van der Waals surface area contributed by atoms with Crippen molar-refractivity contribution in [2.75, 3.05) is 13.6 Å². The Morgan fingerprint density at radius 3 is 1.94 bits per heavy atom. The Bertz CT molecular complexity index is 272. The number of nitriles is 1. The summed E-state index contributed by atoms with van der Waals surface area (Å²) in [4.78, 5) is 2.26. The van der Waals surface area contributed by atoms with Gasteiger partial charge < -0.3 is 4.90 Å². The average Bonchev–Trinajstić information content (AvgIpc) is 2.13. The molecule has 0 aliphatic rings. The van der Waals surface area contributed by atoms with Crippen molar-refractivity contribution in [2.24, 2.45) is 5.41 Å². The minimum Gasteiger partial charge on any atom is -0.300 e. The molecule has 3 nitrogen and oxygen atoms in total. The van der Waals surface area contributed by atoms with Gasteiger partial charge in [0.1, 0.15) is 5.54 Å². The van der Waals surface area contributed by atoms with Crippen LogP contribution in [-0.4, -0.2) is 36.1 Å². The van der Waals surface area contributed by atoms with Gasteiger partial charge in [0.2, 0.25) is 0 Å². The summed E-state index contributed by atoms with van der Waals surface area (Å²) < 4.78 is 0. The lowest BCUT2D eigenvalue weighted by molar-refractivity contribution is 0.118. The van der Waals surface area contributed by atoms with Crippen LogP contribution in [0, 0.1) is 16.7 Å². The molecular weight excluding hydrogens is 210 g/mol. The van der Waals surface area contributed by atoms with Gasteiger partial charge in [-0.15, -0.1) is 0 Å². The smallest absolute Gasteiger partial charge is 0.116 e. The molecule has 0 aromatic carbocycles. The van der Waals surface area contributed by atoms with Gasteiger partial charge in [-0.2, -0.15) is 5.26 Å². The Balaban J connectivity index is 4.65. The van der Waals surface area contributed by atoms with Gasteiger partial charge in [-0.1, -0.05) is 20.8 Å². The number of rotatable bonds is 5. The van der Waals surface area contributed by atoms with Crippen LogP contribution in [0.25, 0.3) is 0 Å². The molecule has 0 saturated carbocycles. The van der Waals surface area contributed by atoms with Crippen molar-refractivity contribution in [3.8, 4) is 6.07 Å². The van der Waals surface area contributed by atoms with Gasteiger partial charge in [-0.3, -0.25) is 5.32 Å². The Labute approximate surface area is 107 Å². The topological polar surface area (TPSA) is 39.1 Å². The van der Waals surface area contributed by atoms with E-state index in [2.05, 4.69) is 64.9 Å². The van der Waals surface area contributed by atoms with E-state index in [0.717, 1.165) is 6.54 Å². The highest BCUT2D eigenvalue weighted by molar-refractivity contribution is 5.06. The molecule has 0 aliphatic heterocycles. The number of hydrogen-bond acceptors (Lipinski definition) is 3. The normalized spacial score (nSPS) is 17.9. The fourth-order valence-corrected chi connectivity index (χ4v) is 2.05. The highest BCUT2D eigenvalue weighted by Gasteiger charge is 2.31. The summed E-state index contributed by atoms with van der Waals surface area (Å²) in [5.74, 6) is 0. The zero-order valence-corrected chi connectivity index (χ0v) is 12.8. The molecule has 0 rings (SSSR count). The molecule has 0 heterocycles. The predicted octanol–water partition coefficient (Wildman–Crippen LogP) is 2.63. The minimum atomic E-state index is -0.484. The monoisotopic (exact) mass is 239 g/mol. The van der Waals surface area contributed by atoms with E-state index in [1.807, 2.05) is 6.92 Å². The standard InChI is InChI=1S/C14H29N3/c1-11(2)16-14(7,9-15)10-17(8)12(3)13(4,5)6/h11-12,16H,10H2,1-8H3. The molecular formula is C14H29N3. The average molecular weight is 239 g/mol. The zero-order chi connectivity index (χ0) is 13.9. The molecule has 0 spiro atoms. The summed E-state index contributed by atoms with van der Waals surface area (Å²) in [7, 11) is 2.09. The van der Waals surface area contributed by atoms with Crippen molar-refractivity contribution >= 4 is 0 Å². The van der Waals surface area contributed by atoms with Gasteiger partial charge in [-0.25, -0.2) is 0 Å². The van der Waals surface area contributed by atoms with E-state index in [1.165, 1.54) is 0 Å². The Morgan fingerprint density at radius 2 is 1.65 bits per heavy atom. The molecule has 0 amide bonds. The van der Waals surface area contributed by atoms with Crippen LogP contribution in [0.3, 0.4) is 0 Å². The first kappa shape index (κ1) is 16.4. The summed E-state index contributed by atoms with van der Waals surface area (Å²) in [6.45, 7) is 15.8. The van der Waals surface area contributed by atoms with Gasteiger partial charge in [-0.05, 0) is 40.2 Å². The van der Waals surface area contributed by atoms with E-state index >= 15 is 0 Å². The fraction of sp³-hybridized carbons (Fsp3) is 0.929. The number of nitrogens with one attached hydrogen (secondary N) is 1. The fourth-order valence-electron chi connectivity index (χ4n) is 2.05. The van der Waals surface area contributed by atoms with Crippen LogP contribution in [-0.2, 0) is 0 Å². The van der Waals surface area contributed by atoms with Crippen molar-refractivity contribution in [3.05, 3.63) is 0 Å². The van der Waals surface area contributed by atoms with Crippen LogP contribution < -0.4 is 5.32 Å². The van der Waals surface area contributed by atoms with Crippen molar-refractivity contribution in [1.29, 1.82) is 5.26 Å². The Morgan fingerprint density at radius 1 is 1.18 bits per heavy atom. The molecule has 0 aromatic heterocycles. The van der Waals surface area contributed by atoms with Gasteiger partial charge in [0.15, 0.2) is 0 Å². The summed E-state index contributed by atoms with van der Waals surface area (Å²) in [6.07, 6.45) is 0. The van der Waals surface area contributed by atoms with Crippen LogP contribution in [0.1, 0.15) is 48.5 Å². The quantitative estimate of drug-likeness (QED) is 0.801. The molecule has 100 valence electrons. The zero-order valence-electron chi connectivity index (χ0n) is 12.8. The first-order chi connectivity index (χ1) is 7.52. The molecule has 17 heavy (non-hydrogen) atoms. The molecule has 2 unspecified atom stereocenters. The maximum Gasteiger partial charge on any atom is 0.116 e. The summed E-state index contributed by atoms with van der Waals surface area (Å²) in [5, 5.41) is 12.7. The predicted molar refractivity (Wildman–Crippen MR) is 73.8 cm³/mol. The highest BCUT2D eigenvalue weighted by atomic mass is 15.2. The number of hydrogen-bond donors (Lipinski definition) is 1. The maximum absolute atomic E-state index is 9.33. The van der Waals surface area contributed by atoms with Crippen molar-refractivity contribution in [3.63, 3.8) is 0 Å². The minimum absolute atomic E-state index is 0.225. The third kappa shape index (κ3) is 5.52. The van der Waals surface area contributed by atoms with Crippen LogP contribution >= 0.6 is 0 Å². The van der Waals surface area contributed by atoms with Gasteiger partial charge >= 0.3 is 0 Å². The lowest BCUT2D eigenvalue weighted by Crippen LogP contribution is -2.55. The molecule has 0 bridgehead atoms. The van der Waals surface area contributed by atoms with E-state index in [9.17, 15) is 5.26 Å². The van der Waals surface area contributed by atoms with Crippen LogP contribution in [0.2, 0.25) is 0 Å². The lowest BCUT2D eigenvalue weighted by atomic mass is 9.86. The van der Waals surface area contributed by atoms with Gasteiger partial charge in [0, 0.05) is 18.6 Å². The molecule has 0 fully saturated rings. The van der Waals surface area contributed by atoms with Crippen LogP contribution in [0.5, 0.6) is 0 Å². The maximum atomic E-state index is 9.33. The second-order valence-electron chi connectivity index (χ2n) is 6.70. The van der Waals surface area contributed by atoms with Crippen molar-refractivity contribution in [1.82, 2.24) is 10.2 Å². The molecule has 0 aromatic rings. The van der Waals surface area contributed by atoms with E-state index < -0.39 is 5.54 Å². The first-order valence-corrected chi connectivity index (χ1v) is 6.41.